The van der Waals surface area contributed by atoms with Gasteiger partial charge in [-0.25, -0.2) is 0 Å². The van der Waals surface area contributed by atoms with Gasteiger partial charge in [-0.1, -0.05) is 82.1 Å². The van der Waals surface area contributed by atoms with Crippen LogP contribution in [0, 0.1) is 130 Å². The lowest BCUT2D eigenvalue weighted by atomic mass is 9.01. The average Bonchev–Trinajstić information content (AvgIpc) is 2.89. The third kappa shape index (κ3) is 2.29. The van der Waals surface area contributed by atoms with Crippen LogP contribution in [0.15, 0.2) is 0 Å². The molecule has 4 unspecified atom stereocenters. The summed E-state index contributed by atoms with van der Waals surface area (Å²) in [6, 6.07) is 0. The Hall–Kier alpha value is 0. The summed E-state index contributed by atoms with van der Waals surface area (Å²) in [6.45, 7) is 23.1. The van der Waals surface area contributed by atoms with Crippen molar-refractivity contribution in [2.45, 2.75) is 82.1 Å². The molecule has 12 aliphatic carbocycles. The first-order chi connectivity index (χ1) is 16.2. The number of hydrogen-bond donors (Lipinski definition) is 0. The SMILES string of the molecule is C12C3C4C1C1C2C3C41.C12C3C4C1C1C2C3C41.CCC(C)C(C)C(C)C.CCC(C)C(C)C(C)C. The lowest BCUT2D eigenvalue weighted by Crippen LogP contribution is -3.00. The first kappa shape index (κ1) is 23.1. The maximum Gasteiger partial charge on any atom is -0.0312 e. The molecule has 0 radical (unpaired) electrons. The number of rotatable bonds is 6. The van der Waals surface area contributed by atoms with E-state index in [2.05, 4.69) is 69.2 Å². The quantitative estimate of drug-likeness (QED) is 0.369. The summed E-state index contributed by atoms with van der Waals surface area (Å²) >= 11 is 0. The van der Waals surface area contributed by atoms with Gasteiger partial charge in [0.2, 0.25) is 0 Å². The molecule has 0 spiro atoms. The third-order valence-corrected chi connectivity index (χ3v) is 15.9. The summed E-state index contributed by atoms with van der Waals surface area (Å²) < 4.78 is 0. The van der Waals surface area contributed by atoms with Crippen molar-refractivity contribution in [3.63, 3.8) is 0 Å². The molecule has 4 atom stereocenters. The van der Waals surface area contributed by atoms with Crippen LogP contribution in [0.1, 0.15) is 82.1 Å². The summed E-state index contributed by atoms with van der Waals surface area (Å²) in [4.78, 5) is 0. The van der Waals surface area contributed by atoms with Gasteiger partial charge in [0.05, 0.1) is 0 Å². The molecular weight excluding hydrogens is 408 g/mol. The van der Waals surface area contributed by atoms with Gasteiger partial charge in [0.15, 0.2) is 0 Å². The molecule has 0 heterocycles. The van der Waals surface area contributed by atoms with Gasteiger partial charge < -0.3 is 0 Å². The molecule has 12 rings (SSSR count). The Labute approximate surface area is 212 Å². The van der Waals surface area contributed by atoms with Crippen LogP contribution < -0.4 is 0 Å². The van der Waals surface area contributed by atoms with Crippen molar-refractivity contribution in [2.75, 3.05) is 0 Å². The fourth-order valence-corrected chi connectivity index (χ4v) is 12.6. The van der Waals surface area contributed by atoms with Crippen LogP contribution in [0.25, 0.3) is 0 Å². The van der Waals surface area contributed by atoms with Crippen molar-refractivity contribution in [3.05, 3.63) is 0 Å². The topological polar surface area (TPSA) is 0 Å². The van der Waals surface area contributed by atoms with Gasteiger partial charge in [0.1, 0.15) is 0 Å². The van der Waals surface area contributed by atoms with Crippen LogP contribution in [0.5, 0.6) is 0 Å². The highest BCUT2D eigenvalue weighted by molar-refractivity contribution is 5.45. The third-order valence-electron chi connectivity index (χ3n) is 15.9. The highest BCUT2D eigenvalue weighted by Gasteiger charge is 2.98. The molecule has 34 heavy (non-hydrogen) atoms. The molecule has 0 nitrogen and oxygen atoms in total. The molecular formula is C34H56. The van der Waals surface area contributed by atoms with Crippen LogP contribution in [0.2, 0.25) is 0 Å². The van der Waals surface area contributed by atoms with Gasteiger partial charge in [0, 0.05) is 0 Å². The molecule has 0 bridgehead atoms. The maximum absolute atomic E-state index is 2.35. The zero-order valence-corrected chi connectivity index (χ0v) is 24.1. The first-order valence-corrected chi connectivity index (χ1v) is 16.2. The van der Waals surface area contributed by atoms with Crippen molar-refractivity contribution in [1.29, 1.82) is 0 Å². The second-order valence-corrected chi connectivity index (χ2v) is 16.2. The van der Waals surface area contributed by atoms with Gasteiger partial charge in [-0.15, -0.1) is 0 Å². The lowest BCUT2D eigenvalue weighted by Gasteiger charge is -3.03. The van der Waals surface area contributed by atoms with Gasteiger partial charge in [0.25, 0.3) is 0 Å². The molecule has 0 saturated heterocycles. The Kier molecular flexibility index (Phi) is 4.97. The Balaban J connectivity index is 0.0000000782. The molecule has 0 aromatic carbocycles. The van der Waals surface area contributed by atoms with E-state index in [1.165, 1.54) is 108 Å². The van der Waals surface area contributed by atoms with E-state index in [1.807, 2.05) is 0 Å². The van der Waals surface area contributed by atoms with E-state index in [4.69, 9.17) is 0 Å². The molecule has 0 aromatic heterocycles. The zero-order valence-electron chi connectivity index (χ0n) is 24.1. The molecule has 0 amide bonds. The predicted molar refractivity (Wildman–Crippen MR) is 143 cm³/mol. The maximum atomic E-state index is 2.35. The van der Waals surface area contributed by atoms with E-state index in [0.29, 0.717) is 0 Å². The van der Waals surface area contributed by atoms with E-state index in [1.54, 1.807) is 0 Å². The van der Waals surface area contributed by atoms with Crippen LogP contribution in [0.4, 0.5) is 0 Å². The summed E-state index contributed by atoms with van der Waals surface area (Å²) in [5.41, 5.74) is 0. The Morgan fingerprint density at radius 1 is 0.324 bits per heavy atom. The van der Waals surface area contributed by atoms with Gasteiger partial charge in [-0.05, 0) is 130 Å². The zero-order chi connectivity index (χ0) is 24.1. The molecule has 12 fully saturated rings. The minimum atomic E-state index is 0.847. The fourth-order valence-electron chi connectivity index (χ4n) is 12.6. The molecule has 12 saturated carbocycles. The standard InChI is InChI=1S/2C9H20.2C8H8/c2*1-6-8(4)9(5)7(2)3;2*1-2-5-3(1)7-4(1)6(2)8(5)7/h2*7-9H,6H2,1-5H3;2*1-8H. The molecule has 0 heteroatoms. The van der Waals surface area contributed by atoms with E-state index in [9.17, 15) is 0 Å². The van der Waals surface area contributed by atoms with Crippen LogP contribution >= 0.6 is 0 Å². The van der Waals surface area contributed by atoms with Crippen molar-refractivity contribution in [2.24, 2.45) is 130 Å². The highest BCUT2D eigenvalue weighted by atomic mass is 15.0. The second kappa shape index (κ2) is 7.31. The van der Waals surface area contributed by atoms with Crippen LogP contribution in [-0.4, -0.2) is 0 Å². The number of hydrogen-bond acceptors (Lipinski definition) is 0. The average molecular weight is 465 g/mol. The normalized spacial score (nSPS) is 60.4. The highest BCUT2D eigenvalue weighted by Crippen LogP contribution is 3.01. The van der Waals surface area contributed by atoms with Crippen molar-refractivity contribution in [3.8, 4) is 0 Å². The summed E-state index contributed by atoms with van der Waals surface area (Å²) in [5.74, 6) is 26.6. The predicted octanol–water partition coefficient (Wildman–Crippen LogP) is 8.62. The fraction of sp³-hybridized carbons (Fsp3) is 1.00. The smallest absolute Gasteiger partial charge is 0.0312 e. The largest absolute Gasteiger partial charge is 0.0651 e. The van der Waals surface area contributed by atoms with E-state index >= 15 is 0 Å². The molecule has 12 aliphatic rings. The molecule has 0 N–H and O–H groups in total. The Bertz CT molecular complexity index is 536. The summed E-state index contributed by atoms with van der Waals surface area (Å²) in [7, 11) is 0. The Morgan fingerprint density at radius 3 is 0.529 bits per heavy atom. The minimum Gasteiger partial charge on any atom is -0.0651 e. The van der Waals surface area contributed by atoms with Crippen molar-refractivity contribution >= 4 is 0 Å². The van der Waals surface area contributed by atoms with Gasteiger partial charge in [-0.3, -0.25) is 0 Å². The van der Waals surface area contributed by atoms with Gasteiger partial charge in [-0.2, -0.15) is 0 Å². The second-order valence-electron chi connectivity index (χ2n) is 16.2. The van der Waals surface area contributed by atoms with E-state index < -0.39 is 0 Å². The molecule has 0 aromatic rings. The van der Waals surface area contributed by atoms with E-state index in [0.717, 1.165) is 35.5 Å². The van der Waals surface area contributed by atoms with E-state index in [-0.39, 0.29) is 0 Å². The summed E-state index contributed by atoms with van der Waals surface area (Å²) in [6.07, 6.45) is 2.64. The van der Waals surface area contributed by atoms with Gasteiger partial charge >= 0.3 is 0 Å². The Morgan fingerprint density at radius 2 is 0.471 bits per heavy atom. The molecule has 0 aliphatic heterocycles. The van der Waals surface area contributed by atoms with Crippen LogP contribution in [-0.2, 0) is 0 Å². The molecule has 192 valence electrons. The monoisotopic (exact) mass is 464 g/mol. The lowest BCUT2D eigenvalue weighted by molar-refractivity contribution is -0.565. The minimum absolute atomic E-state index is 0.847. The summed E-state index contributed by atoms with van der Waals surface area (Å²) in [5, 5.41) is 0. The van der Waals surface area contributed by atoms with Crippen molar-refractivity contribution < 1.29 is 0 Å². The van der Waals surface area contributed by atoms with Crippen LogP contribution in [0.3, 0.4) is 0 Å². The first-order valence-electron chi connectivity index (χ1n) is 16.2. The van der Waals surface area contributed by atoms with Crippen molar-refractivity contribution in [1.82, 2.24) is 0 Å².